The van der Waals surface area contributed by atoms with E-state index in [0.717, 1.165) is 33.3 Å². The van der Waals surface area contributed by atoms with E-state index in [1.807, 2.05) is 24.3 Å². The van der Waals surface area contributed by atoms with Gasteiger partial charge in [0.1, 0.15) is 17.6 Å². The summed E-state index contributed by atoms with van der Waals surface area (Å²) < 4.78 is 23.7. The van der Waals surface area contributed by atoms with Crippen molar-refractivity contribution in [2.45, 2.75) is 19.4 Å². The van der Waals surface area contributed by atoms with E-state index in [2.05, 4.69) is 18.0 Å². The molecule has 0 aliphatic carbocycles. The van der Waals surface area contributed by atoms with Gasteiger partial charge in [-0.3, -0.25) is 4.90 Å². The van der Waals surface area contributed by atoms with Gasteiger partial charge in [-0.2, -0.15) is 0 Å². The average molecular weight is 458 g/mol. The summed E-state index contributed by atoms with van der Waals surface area (Å²) in [6.45, 7) is 2.49. The van der Waals surface area contributed by atoms with Crippen molar-refractivity contribution in [2.75, 3.05) is 13.7 Å². The number of hydrogen-bond donors (Lipinski definition) is 1. The first-order chi connectivity index (χ1) is 16.4. The van der Waals surface area contributed by atoms with Gasteiger partial charge in [0.15, 0.2) is 0 Å². The summed E-state index contributed by atoms with van der Waals surface area (Å²) in [5.74, 6) is -0.562. The van der Waals surface area contributed by atoms with Crippen molar-refractivity contribution in [1.82, 2.24) is 9.88 Å². The maximum Gasteiger partial charge on any atom is 0.416 e. The maximum absolute atomic E-state index is 13.3. The molecule has 1 atom stereocenters. The third-order valence-electron chi connectivity index (χ3n) is 6.18. The predicted octanol–water partition coefficient (Wildman–Crippen LogP) is 5.55. The fourth-order valence-electron chi connectivity index (χ4n) is 4.53. The van der Waals surface area contributed by atoms with E-state index in [1.165, 1.54) is 31.4 Å². The summed E-state index contributed by atoms with van der Waals surface area (Å²) in [6, 6.07) is 18.2. The predicted molar refractivity (Wildman–Crippen MR) is 125 cm³/mol. The summed E-state index contributed by atoms with van der Waals surface area (Å²) in [5, 5.41) is 1.14. The van der Waals surface area contributed by atoms with Gasteiger partial charge in [0.2, 0.25) is 0 Å². The lowest BCUT2D eigenvalue weighted by Crippen LogP contribution is -2.42. The third-order valence-corrected chi connectivity index (χ3v) is 6.18. The van der Waals surface area contributed by atoms with Crippen molar-refractivity contribution < 1.29 is 23.5 Å². The number of rotatable bonds is 3. The molecular formula is C27H23FN2O4. The Kier molecular flexibility index (Phi) is 5.53. The third kappa shape index (κ3) is 3.90. The Morgan fingerprint density at radius 3 is 2.47 bits per heavy atom. The summed E-state index contributed by atoms with van der Waals surface area (Å²) in [6.07, 6.45) is 0.128. The SMILES string of the molecule is COC(=O)c1ccc(C2c3[nH]c4ccc(C)cc4c3CCN2C(=O)Oc2ccc(F)cc2)cc1. The fourth-order valence-corrected chi connectivity index (χ4v) is 4.53. The molecule has 4 aromatic rings. The van der Waals surface area contributed by atoms with Crippen LogP contribution in [0.15, 0.2) is 66.7 Å². The Balaban J connectivity index is 1.57. The van der Waals surface area contributed by atoms with Crippen LogP contribution in [0, 0.1) is 12.7 Å². The van der Waals surface area contributed by atoms with Crippen LogP contribution in [0.1, 0.15) is 38.8 Å². The van der Waals surface area contributed by atoms with Gasteiger partial charge in [0.05, 0.1) is 12.7 Å². The first-order valence-corrected chi connectivity index (χ1v) is 11.0. The molecule has 34 heavy (non-hydrogen) atoms. The van der Waals surface area contributed by atoms with Crippen LogP contribution < -0.4 is 4.74 Å². The molecule has 0 saturated heterocycles. The number of carbonyl (C=O) groups excluding carboxylic acids is 2. The number of hydrogen-bond acceptors (Lipinski definition) is 4. The van der Waals surface area contributed by atoms with Crippen LogP contribution in [0.2, 0.25) is 0 Å². The normalized spacial score (nSPS) is 15.1. The largest absolute Gasteiger partial charge is 0.465 e. The zero-order chi connectivity index (χ0) is 23.8. The number of fused-ring (bicyclic) bond motifs is 3. The topological polar surface area (TPSA) is 71.6 Å². The number of halogens is 1. The summed E-state index contributed by atoms with van der Waals surface area (Å²) >= 11 is 0. The highest BCUT2D eigenvalue weighted by Gasteiger charge is 2.35. The highest BCUT2D eigenvalue weighted by molar-refractivity contribution is 5.89. The minimum atomic E-state index is -0.533. The lowest BCUT2D eigenvalue weighted by molar-refractivity contribution is 0.0600. The lowest BCUT2D eigenvalue weighted by atomic mass is 9.92. The number of nitrogens with one attached hydrogen (secondary N) is 1. The molecule has 1 N–H and O–H groups in total. The van der Waals surface area contributed by atoms with Gasteiger partial charge in [-0.15, -0.1) is 0 Å². The molecule has 1 unspecified atom stereocenters. The number of benzene rings is 3. The highest BCUT2D eigenvalue weighted by atomic mass is 19.1. The number of H-pyrrole nitrogens is 1. The summed E-state index contributed by atoms with van der Waals surface area (Å²) in [7, 11) is 1.34. The summed E-state index contributed by atoms with van der Waals surface area (Å²) in [4.78, 5) is 30.3. The van der Waals surface area contributed by atoms with E-state index in [0.29, 0.717) is 18.5 Å². The smallest absolute Gasteiger partial charge is 0.416 e. The molecule has 0 spiro atoms. The van der Waals surface area contributed by atoms with Crippen LogP contribution in [0.4, 0.5) is 9.18 Å². The minimum absolute atomic E-state index is 0.268. The van der Waals surface area contributed by atoms with Crippen molar-refractivity contribution in [3.05, 3.63) is 100 Å². The molecule has 1 aromatic heterocycles. The number of esters is 1. The van der Waals surface area contributed by atoms with E-state index >= 15 is 0 Å². The van der Waals surface area contributed by atoms with E-state index in [1.54, 1.807) is 17.0 Å². The quantitative estimate of drug-likeness (QED) is 0.409. The van der Waals surface area contributed by atoms with Crippen LogP contribution in [0.3, 0.4) is 0 Å². The van der Waals surface area contributed by atoms with Crippen LogP contribution in [-0.2, 0) is 11.2 Å². The Labute approximate surface area is 195 Å². The minimum Gasteiger partial charge on any atom is -0.465 e. The number of amides is 1. The Morgan fingerprint density at radius 1 is 1.03 bits per heavy atom. The van der Waals surface area contributed by atoms with Crippen LogP contribution >= 0.6 is 0 Å². The lowest BCUT2D eigenvalue weighted by Gasteiger charge is -2.35. The molecular weight excluding hydrogens is 435 g/mol. The van der Waals surface area contributed by atoms with E-state index < -0.39 is 23.9 Å². The molecule has 5 rings (SSSR count). The fraction of sp³-hybridized carbons (Fsp3) is 0.185. The van der Waals surface area contributed by atoms with Gasteiger partial charge < -0.3 is 14.5 Å². The number of aromatic nitrogens is 1. The van der Waals surface area contributed by atoms with Crippen LogP contribution in [-0.4, -0.2) is 35.6 Å². The first-order valence-electron chi connectivity index (χ1n) is 11.0. The number of ether oxygens (including phenoxy) is 2. The van der Waals surface area contributed by atoms with E-state index in [9.17, 15) is 14.0 Å². The zero-order valence-electron chi connectivity index (χ0n) is 18.8. The zero-order valence-corrected chi connectivity index (χ0v) is 18.8. The van der Waals surface area contributed by atoms with E-state index in [-0.39, 0.29) is 5.75 Å². The Hall–Kier alpha value is -4.13. The van der Waals surface area contributed by atoms with Crippen molar-refractivity contribution in [3.8, 4) is 5.75 Å². The van der Waals surface area contributed by atoms with E-state index in [4.69, 9.17) is 9.47 Å². The monoisotopic (exact) mass is 458 g/mol. The van der Waals surface area contributed by atoms with Gasteiger partial charge in [-0.1, -0.05) is 23.8 Å². The maximum atomic E-state index is 13.3. The van der Waals surface area contributed by atoms with Gasteiger partial charge in [0, 0.05) is 23.1 Å². The standard InChI is InChI=1S/C27H23FN2O4/c1-16-3-12-23-22(15-16)21-13-14-30(27(32)34-20-10-8-19(28)9-11-20)25(24(21)29-23)17-4-6-18(7-5-17)26(31)33-2/h3-12,15,25,29H,13-14H2,1-2H3. The molecule has 1 amide bonds. The van der Waals surface area contributed by atoms with Crippen molar-refractivity contribution >= 4 is 23.0 Å². The molecule has 172 valence electrons. The van der Waals surface area contributed by atoms with Crippen LogP contribution in [0.5, 0.6) is 5.75 Å². The van der Waals surface area contributed by atoms with Gasteiger partial charge in [-0.25, -0.2) is 14.0 Å². The molecule has 3 aromatic carbocycles. The molecule has 0 fully saturated rings. The molecule has 6 nitrogen and oxygen atoms in total. The second kappa shape index (κ2) is 8.67. The molecule has 1 aliphatic heterocycles. The first kappa shape index (κ1) is 21.7. The number of aromatic amines is 1. The highest BCUT2D eigenvalue weighted by Crippen LogP contribution is 2.39. The second-order valence-electron chi connectivity index (χ2n) is 8.35. The number of methoxy groups -OCH3 is 1. The number of aryl methyl sites for hydroxylation is 1. The molecule has 7 heteroatoms. The Morgan fingerprint density at radius 2 is 1.76 bits per heavy atom. The molecule has 1 aliphatic rings. The average Bonchev–Trinajstić information content (AvgIpc) is 3.22. The molecule has 0 saturated carbocycles. The second-order valence-corrected chi connectivity index (χ2v) is 8.35. The number of nitrogens with zero attached hydrogens (tertiary/aromatic N) is 1. The number of carbonyl (C=O) groups is 2. The molecule has 0 radical (unpaired) electrons. The van der Waals surface area contributed by atoms with Gasteiger partial charge in [0.25, 0.3) is 0 Å². The van der Waals surface area contributed by atoms with Gasteiger partial charge >= 0.3 is 12.1 Å². The Bertz CT molecular complexity index is 1380. The van der Waals surface area contributed by atoms with Crippen molar-refractivity contribution in [1.29, 1.82) is 0 Å². The molecule has 2 heterocycles. The summed E-state index contributed by atoms with van der Waals surface area (Å²) in [5.41, 5.74) is 5.48. The van der Waals surface area contributed by atoms with Crippen molar-refractivity contribution in [3.63, 3.8) is 0 Å². The van der Waals surface area contributed by atoms with Crippen molar-refractivity contribution in [2.24, 2.45) is 0 Å². The molecule has 0 bridgehead atoms. The van der Waals surface area contributed by atoms with Gasteiger partial charge in [-0.05, 0) is 73.0 Å². The van der Waals surface area contributed by atoms with Crippen LogP contribution in [0.25, 0.3) is 10.9 Å².